The maximum absolute atomic E-state index is 10.0. The van der Waals surface area contributed by atoms with Crippen molar-refractivity contribution >= 4 is 11.3 Å². The van der Waals surface area contributed by atoms with Crippen LogP contribution in [0.4, 0.5) is 0 Å². The van der Waals surface area contributed by atoms with Crippen molar-refractivity contribution in [1.29, 1.82) is 0 Å². The lowest BCUT2D eigenvalue weighted by Gasteiger charge is -2.18. The van der Waals surface area contributed by atoms with E-state index in [9.17, 15) is 5.11 Å². The molecule has 2 aromatic rings. The fourth-order valence-electron chi connectivity index (χ4n) is 2.05. The highest BCUT2D eigenvalue weighted by atomic mass is 32.1. The van der Waals surface area contributed by atoms with Gasteiger partial charge in [-0.15, -0.1) is 0 Å². The average molecular weight is 261 g/mol. The zero-order chi connectivity index (χ0) is 13.0. The molecule has 3 heteroatoms. The van der Waals surface area contributed by atoms with Gasteiger partial charge < -0.3 is 10.4 Å². The van der Waals surface area contributed by atoms with Gasteiger partial charge in [-0.25, -0.2) is 0 Å². The first-order valence-electron chi connectivity index (χ1n) is 6.17. The highest BCUT2D eigenvalue weighted by Crippen LogP contribution is 2.19. The van der Waals surface area contributed by atoms with Crippen molar-refractivity contribution in [3.05, 3.63) is 57.8 Å². The van der Waals surface area contributed by atoms with Crippen LogP contribution in [-0.2, 0) is 0 Å². The smallest absolute Gasteiger partial charge is 0.0922 e. The third-order valence-electron chi connectivity index (χ3n) is 3.20. The standard InChI is InChI=1S/C15H19NOS/c1-11-5-3-4-6-14(11)12(2)16-9-15(17)13-7-8-18-10-13/h3-8,10,12,15-17H,9H2,1-2H3. The van der Waals surface area contributed by atoms with Crippen LogP contribution in [0.25, 0.3) is 0 Å². The number of aryl methyl sites for hydroxylation is 1. The molecule has 2 unspecified atom stereocenters. The first-order valence-corrected chi connectivity index (χ1v) is 7.12. The van der Waals surface area contributed by atoms with Crippen molar-refractivity contribution in [2.45, 2.75) is 26.0 Å². The Morgan fingerprint density at radius 3 is 2.72 bits per heavy atom. The minimum atomic E-state index is -0.428. The highest BCUT2D eigenvalue weighted by Gasteiger charge is 2.11. The molecule has 2 nitrogen and oxygen atoms in total. The van der Waals surface area contributed by atoms with Gasteiger partial charge in [-0.3, -0.25) is 0 Å². The van der Waals surface area contributed by atoms with Gasteiger partial charge in [0.05, 0.1) is 6.10 Å². The van der Waals surface area contributed by atoms with Gasteiger partial charge in [-0.1, -0.05) is 24.3 Å². The maximum atomic E-state index is 10.0. The monoisotopic (exact) mass is 261 g/mol. The predicted molar refractivity (Wildman–Crippen MR) is 76.9 cm³/mol. The molecular formula is C15H19NOS. The van der Waals surface area contributed by atoms with E-state index in [1.54, 1.807) is 11.3 Å². The molecule has 2 N–H and O–H groups in total. The molecule has 18 heavy (non-hydrogen) atoms. The van der Waals surface area contributed by atoms with E-state index in [0.29, 0.717) is 6.54 Å². The predicted octanol–water partition coefficient (Wildman–Crippen LogP) is 3.44. The van der Waals surface area contributed by atoms with Gasteiger partial charge in [-0.2, -0.15) is 11.3 Å². The van der Waals surface area contributed by atoms with Crippen molar-refractivity contribution in [1.82, 2.24) is 5.32 Å². The molecule has 0 aliphatic carbocycles. The number of thiophene rings is 1. The molecule has 2 rings (SSSR count). The average Bonchev–Trinajstić information content (AvgIpc) is 2.90. The number of rotatable bonds is 5. The van der Waals surface area contributed by atoms with Crippen molar-refractivity contribution in [2.24, 2.45) is 0 Å². The summed E-state index contributed by atoms with van der Waals surface area (Å²) in [6, 6.07) is 10.6. The Morgan fingerprint density at radius 2 is 2.06 bits per heavy atom. The molecule has 2 atom stereocenters. The van der Waals surface area contributed by atoms with Crippen LogP contribution in [0.15, 0.2) is 41.1 Å². The Hall–Kier alpha value is -1.16. The second-order valence-electron chi connectivity index (χ2n) is 4.56. The molecule has 96 valence electrons. The normalized spacial score (nSPS) is 14.4. The molecule has 0 fully saturated rings. The van der Waals surface area contributed by atoms with Crippen molar-refractivity contribution in [3.8, 4) is 0 Å². The van der Waals surface area contributed by atoms with Gasteiger partial charge in [0.15, 0.2) is 0 Å². The molecule has 0 bridgehead atoms. The summed E-state index contributed by atoms with van der Waals surface area (Å²) >= 11 is 1.61. The summed E-state index contributed by atoms with van der Waals surface area (Å²) in [5.41, 5.74) is 3.56. The van der Waals surface area contributed by atoms with Gasteiger partial charge in [0.2, 0.25) is 0 Å². The van der Waals surface area contributed by atoms with E-state index in [0.717, 1.165) is 5.56 Å². The quantitative estimate of drug-likeness (QED) is 0.864. The zero-order valence-electron chi connectivity index (χ0n) is 10.8. The largest absolute Gasteiger partial charge is 0.387 e. The molecule has 0 radical (unpaired) electrons. The van der Waals surface area contributed by atoms with Crippen LogP contribution in [0, 0.1) is 6.92 Å². The van der Waals surface area contributed by atoms with Crippen LogP contribution in [0.3, 0.4) is 0 Å². The fraction of sp³-hybridized carbons (Fsp3) is 0.333. The highest BCUT2D eigenvalue weighted by molar-refractivity contribution is 7.07. The van der Waals surface area contributed by atoms with Crippen LogP contribution in [0.2, 0.25) is 0 Å². The molecule has 0 saturated heterocycles. The Labute approximate surface area is 112 Å². The third kappa shape index (κ3) is 3.19. The lowest BCUT2D eigenvalue weighted by atomic mass is 10.0. The Bertz CT molecular complexity index is 481. The number of nitrogens with one attached hydrogen (secondary N) is 1. The van der Waals surface area contributed by atoms with Crippen LogP contribution < -0.4 is 5.32 Å². The SMILES string of the molecule is Cc1ccccc1C(C)NCC(O)c1ccsc1. The Balaban J connectivity index is 1.93. The molecule has 0 aliphatic heterocycles. The van der Waals surface area contributed by atoms with Crippen LogP contribution in [-0.4, -0.2) is 11.7 Å². The summed E-state index contributed by atoms with van der Waals surface area (Å²) in [6.07, 6.45) is -0.428. The second kappa shape index (κ2) is 6.14. The molecule has 0 amide bonds. The first kappa shape index (κ1) is 13.3. The Morgan fingerprint density at radius 1 is 1.28 bits per heavy atom. The summed E-state index contributed by atoms with van der Waals surface area (Å²) in [7, 11) is 0. The summed E-state index contributed by atoms with van der Waals surface area (Å²) in [6.45, 7) is 4.82. The molecule has 1 heterocycles. The van der Waals surface area contributed by atoms with Crippen molar-refractivity contribution in [2.75, 3.05) is 6.54 Å². The molecule has 0 spiro atoms. The maximum Gasteiger partial charge on any atom is 0.0922 e. The third-order valence-corrected chi connectivity index (χ3v) is 3.90. The van der Waals surface area contributed by atoms with E-state index in [4.69, 9.17) is 0 Å². The van der Waals surface area contributed by atoms with Crippen LogP contribution >= 0.6 is 11.3 Å². The van der Waals surface area contributed by atoms with E-state index in [2.05, 4.69) is 37.4 Å². The first-order chi connectivity index (χ1) is 8.68. The topological polar surface area (TPSA) is 32.3 Å². The molecule has 0 aliphatic rings. The van der Waals surface area contributed by atoms with Gasteiger partial charge >= 0.3 is 0 Å². The fourth-order valence-corrected chi connectivity index (χ4v) is 2.76. The van der Waals surface area contributed by atoms with Gasteiger partial charge in [0.25, 0.3) is 0 Å². The molecule has 1 aromatic heterocycles. The van der Waals surface area contributed by atoms with E-state index in [-0.39, 0.29) is 6.04 Å². The zero-order valence-corrected chi connectivity index (χ0v) is 11.6. The second-order valence-corrected chi connectivity index (χ2v) is 5.34. The number of benzene rings is 1. The van der Waals surface area contributed by atoms with E-state index in [1.807, 2.05) is 22.9 Å². The van der Waals surface area contributed by atoms with Gasteiger partial charge in [0, 0.05) is 12.6 Å². The number of aliphatic hydroxyl groups excluding tert-OH is 1. The summed E-state index contributed by atoms with van der Waals surface area (Å²) in [4.78, 5) is 0. The van der Waals surface area contributed by atoms with Crippen molar-refractivity contribution < 1.29 is 5.11 Å². The summed E-state index contributed by atoms with van der Waals surface area (Å²) in [5.74, 6) is 0. The minimum absolute atomic E-state index is 0.250. The van der Waals surface area contributed by atoms with E-state index >= 15 is 0 Å². The van der Waals surface area contributed by atoms with E-state index in [1.165, 1.54) is 11.1 Å². The van der Waals surface area contributed by atoms with Gasteiger partial charge in [0.1, 0.15) is 0 Å². The summed E-state index contributed by atoms with van der Waals surface area (Å²) in [5, 5.41) is 17.4. The molecule has 1 aromatic carbocycles. The number of hydrogen-bond donors (Lipinski definition) is 2. The van der Waals surface area contributed by atoms with Crippen LogP contribution in [0.1, 0.15) is 35.8 Å². The van der Waals surface area contributed by atoms with Crippen molar-refractivity contribution in [3.63, 3.8) is 0 Å². The van der Waals surface area contributed by atoms with Gasteiger partial charge in [-0.05, 0) is 47.4 Å². The molecular weight excluding hydrogens is 242 g/mol. The van der Waals surface area contributed by atoms with Crippen LogP contribution in [0.5, 0.6) is 0 Å². The summed E-state index contributed by atoms with van der Waals surface area (Å²) < 4.78 is 0. The lowest BCUT2D eigenvalue weighted by molar-refractivity contribution is 0.171. The van der Waals surface area contributed by atoms with E-state index < -0.39 is 6.10 Å². The Kier molecular flexibility index (Phi) is 4.53. The number of aliphatic hydroxyl groups is 1. The lowest BCUT2D eigenvalue weighted by Crippen LogP contribution is -2.25. The molecule has 0 saturated carbocycles. The number of hydrogen-bond acceptors (Lipinski definition) is 3. The minimum Gasteiger partial charge on any atom is -0.387 e.